The predicted molar refractivity (Wildman–Crippen MR) is 73.4 cm³/mol. The molecular formula is C14H26N2O3. The minimum absolute atomic E-state index is 0.00935. The zero-order valence-corrected chi connectivity index (χ0v) is 12.3. The zero-order chi connectivity index (χ0) is 14.5. The number of nitrogens with two attached hydrogens (primary N) is 1. The van der Waals surface area contributed by atoms with Crippen molar-refractivity contribution in [2.45, 2.75) is 52.0 Å². The van der Waals surface area contributed by atoms with Gasteiger partial charge in [-0.15, -0.1) is 0 Å². The van der Waals surface area contributed by atoms with E-state index in [1.54, 1.807) is 4.90 Å². The number of esters is 1. The molecule has 1 unspecified atom stereocenters. The smallest absolute Gasteiger partial charge is 0.328 e. The van der Waals surface area contributed by atoms with E-state index in [-0.39, 0.29) is 11.9 Å². The van der Waals surface area contributed by atoms with Gasteiger partial charge in [-0.1, -0.05) is 13.8 Å². The van der Waals surface area contributed by atoms with Crippen molar-refractivity contribution in [3.05, 3.63) is 0 Å². The van der Waals surface area contributed by atoms with Gasteiger partial charge in [0.15, 0.2) is 0 Å². The lowest BCUT2D eigenvalue weighted by molar-refractivity contribution is -0.159. The Morgan fingerprint density at radius 1 is 1.32 bits per heavy atom. The number of rotatable bonds is 5. The van der Waals surface area contributed by atoms with Crippen molar-refractivity contribution in [2.75, 3.05) is 20.2 Å². The number of hydrogen-bond acceptors (Lipinski definition) is 4. The highest BCUT2D eigenvalue weighted by Gasteiger charge is 2.42. The van der Waals surface area contributed by atoms with Crippen molar-refractivity contribution in [2.24, 2.45) is 11.1 Å². The molecule has 1 heterocycles. The molecule has 5 nitrogen and oxygen atoms in total. The van der Waals surface area contributed by atoms with E-state index in [1.807, 2.05) is 13.8 Å². The molecule has 0 aromatic carbocycles. The Balaban J connectivity index is 2.96. The number of piperidine rings is 1. The van der Waals surface area contributed by atoms with Crippen LogP contribution in [0.1, 0.15) is 46.0 Å². The van der Waals surface area contributed by atoms with Gasteiger partial charge in [-0.05, 0) is 32.1 Å². The second-order valence-electron chi connectivity index (χ2n) is 5.22. The Morgan fingerprint density at radius 3 is 2.42 bits per heavy atom. The fourth-order valence-electron chi connectivity index (χ4n) is 2.79. The van der Waals surface area contributed by atoms with Gasteiger partial charge in [-0.2, -0.15) is 0 Å². The van der Waals surface area contributed by atoms with Gasteiger partial charge in [0, 0.05) is 13.1 Å². The molecule has 1 saturated heterocycles. The molecule has 19 heavy (non-hydrogen) atoms. The van der Waals surface area contributed by atoms with E-state index in [1.165, 1.54) is 7.11 Å². The molecule has 1 atom stereocenters. The minimum Gasteiger partial charge on any atom is -0.467 e. The van der Waals surface area contributed by atoms with Crippen LogP contribution in [0.4, 0.5) is 0 Å². The minimum atomic E-state index is -0.538. The van der Waals surface area contributed by atoms with Crippen molar-refractivity contribution in [3.63, 3.8) is 0 Å². The van der Waals surface area contributed by atoms with Crippen LogP contribution in [-0.4, -0.2) is 43.0 Å². The topological polar surface area (TPSA) is 72.6 Å². The van der Waals surface area contributed by atoms with E-state index in [4.69, 9.17) is 10.5 Å². The molecule has 0 saturated carbocycles. The highest BCUT2D eigenvalue weighted by Crippen LogP contribution is 2.31. The lowest BCUT2D eigenvalue weighted by Gasteiger charge is -2.40. The molecule has 0 aliphatic carbocycles. The molecular weight excluding hydrogens is 244 g/mol. The monoisotopic (exact) mass is 270 g/mol. The molecule has 1 fully saturated rings. The molecule has 1 amide bonds. The van der Waals surface area contributed by atoms with Gasteiger partial charge in [0.2, 0.25) is 5.91 Å². The maximum Gasteiger partial charge on any atom is 0.328 e. The third-order valence-electron chi connectivity index (χ3n) is 4.43. The molecule has 1 aliphatic rings. The average Bonchev–Trinajstić information content (AvgIpc) is 2.48. The van der Waals surface area contributed by atoms with Crippen molar-refractivity contribution in [1.82, 2.24) is 4.90 Å². The van der Waals surface area contributed by atoms with E-state index in [0.29, 0.717) is 32.4 Å². The number of hydrogen-bond donors (Lipinski definition) is 1. The van der Waals surface area contributed by atoms with Gasteiger partial charge in [0.1, 0.15) is 6.04 Å². The van der Waals surface area contributed by atoms with Crippen LogP contribution in [0, 0.1) is 5.41 Å². The van der Waals surface area contributed by atoms with Crippen LogP contribution in [0.3, 0.4) is 0 Å². The van der Waals surface area contributed by atoms with Crippen LogP contribution in [0.15, 0.2) is 0 Å². The van der Waals surface area contributed by atoms with Crippen molar-refractivity contribution in [3.8, 4) is 0 Å². The van der Waals surface area contributed by atoms with E-state index < -0.39 is 11.5 Å². The highest BCUT2D eigenvalue weighted by atomic mass is 16.5. The Morgan fingerprint density at radius 2 is 1.95 bits per heavy atom. The summed E-state index contributed by atoms with van der Waals surface area (Å²) in [5.74, 6) is -0.304. The molecule has 110 valence electrons. The van der Waals surface area contributed by atoms with Gasteiger partial charge < -0.3 is 15.4 Å². The second-order valence-corrected chi connectivity index (χ2v) is 5.22. The van der Waals surface area contributed by atoms with Crippen LogP contribution in [0.25, 0.3) is 0 Å². The van der Waals surface area contributed by atoms with Crippen molar-refractivity contribution < 1.29 is 14.3 Å². The summed E-state index contributed by atoms with van der Waals surface area (Å²) in [5.41, 5.74) is 5.29. The first-order valence-electron chi connectivity index (χ1n) is 7.15. The Bertz CT molecular complexity index is 318. The summed E-state index contributed by atoms with van der Waals surface area (Å²) in [6, 6.07) is -0.435. The van der Waals surface area contributed by atoms with Crippen LogP contribution >= 0.6 is 0 Å². The first-order chi connectivity index (χ1) is 9.06. The molecule has 5 heteroatoms. The second kappa shape index (κ2) is 6.89. The van der Waals surface area contributed by atoms with Crippen LogP contribution in [0.2, 0.25) is 0 Å². The number of nitrogens with zero attached hydrogens (tertiary/aromatic N) is 1. The third kappa shape index (κ3) is 3.08. The van der Waals surface area contributed by atoms with Crippen molar-refractivity contribution >= 4 is 11.9 Å². The number of methoxy groups -OCH3 is 1. The van der Waals surface area contributed by atoms with Crippen molar-refractivity contribution in [1.29, 1.82) is 0 Å². The van der Waals surface area contributed by atoms with Crippen LogP contribution in [-0.2, 0) is 14.3 Å². The summed E-state index contributed by atoms with van der Waals surface area (Å²) < 4.78 is 4.82. The number of ether oxygens (including phenoxy) is 1. The number of carbonyl (C=O) groups is 2. The first kappa shape index (κ1) is 16.0. The third-order valence-corrected chi connectivity index (χ3v) is 4.43. The number of likely N-dealkylation sites (tertiary alicyclic amines) is 1. The summed E-state index contributed by atoms with van der Waals surface area (Å²) in [6.07, 6.45) is 3.98. The Labute approximate surface area is 115 Å². The lowest BCUT2D eigenvalue weighted by Crippen LogP contribution is -2.55. The fourth-order valence-corrected chi connectivity index (χ4v) is 2.79. The van der Waals surface area contributed by atoms with Gasteiger partial charge in [-0.3, -0.25) is 4.79 Å². The van der Waals surface area contributed by atoms with Crippen LogP contribution in [0.5, 0.6) is 0 Å². The molecule has 0 radical (unpaired) electrons. The molecule has 1 aliphatic heterocycles. The number of amides is 1. The summed E-state index contributed by atoms with van der Waals surface area (Å²) in [5, 5.41) is 0. The molecule has 0 aromatic heterocycles. The van der Waals surface area contributed by atoms with E-state index >= 15 is 0 Å². The van der Waals surface area contributed by atoms with E-state index in [2.05, 4.69) is 0 Å². The Kier molecular flexibility index (Phi) is 5.79. The SMILES string of the molecule is CCC(CC)(CN)C(=O)N1CCCCC1C(=O)OC. The average molecular weight is 270 g/mol. The first-order valence-corrected chi connectivity index (χ1v) is 7.15. The lowest BCUT2D eigenvalue weighted by atomic mass is 9.80. The maximum atomic E-state index is 12.8. The fraction of sp³-hybridized carbons (Fsp3) is 0.857. The molecule has 0 bridgehead atoms. The summed E-state index contributed by atoms with van der Waals surface area (Å²) in [4.78, 5) is 26.3. The zero-order valence-electron chi connectivity index (χ0n) is 12.3. The summed E-state index contributed by atoms with van der Waals surface area (Å²) >= 11 is 0. The van der Waals surface area contributed by atoms with Gasteiger partial charge >= 0.3 is 5.97 Å². The predicted octanol–water partition coefficient (Wildman–Crippen LogP) is 1.31. The quantitative estimate of drug-likeness (QED) is 0.764. The van der Waals surface area contributed by atoms with E-state index in [9.17, 15) is 9.59 Å². The van der Waals surface area contributed by atoms with E-state index in [0.717, 1.165) is 12.8 Å². The molecule has 1 rings (SSSR count). The standard InChI is InChI=1S/C14H26N2O3/c1-4-14(5-2,10-15)13(18)16-9-7-6-8-11(16)12(17)19-3/h11H,4-10,15H2,1-3H3. The normalized spacial score (nSPS) is 20.2. The van der Waals surface area contributed by atoms with Crippen LogP contribution < -0.4 is 5.73 Å². The molecule has 0 aromatic rings. The summed E-state index contributed by atoms with van der Waals surface area (Å²) in [6.45, 7) is 4.90. The van der Waals surface area contributed by atoms with Gasteiger partial charge in [0.25, 0.3) is 0 Å². The highest BCUT2D eigenvalue weighted by molar-refractivity contribution is 5.88. The maximum absolute atomic E-state index is 12.8. The molecule has 0 spiro atoms. The molecule has 2 N–H and O–H groups in total. The largest absolute Gasteiger partial charge is 0.467 e. The number of carbonyl (C=O) groups excluding carboxylic acids is 2. The van der Waals surface area contributed by atoms with Gasteiger partial charge in [0.05, 0.1) is 12.5 Å². The van der Waals surface area contributed by atoms with Gasteiger partial charge in [-0.25, -0.2) is 4.79 Å². The Hall–Kier alpha value is -1.10. The summed E-state index contributed by atoms with van der Waals surface area (Å²) in [7, 11) is 1.37.